The molecule has 21 heavy (non-hydrogen) atoms. The van der Waals surface area contributed by atoms with Gasteiger partial charge in [0.1, 0.15) is 6.33 Å². The molecule has 3 rings (SSSR count). The number of aromatic nitrogens is 5. The lowest BCUT2D eigenvalue weighted by atomic mass is 9.93. The Balaban J connectivity index is 1.75. The summed E-state index contributed by atoms with van der Waals surface area (Å²) >= 11 is 0. The molecular formula is C13H19N7O. The smallest absolute Gasteiger partial charge is 0.241 e. The largest absolute Gasteiger partial charge is 0.381 e. The number of anilines is 2. The van der Waals surface area contributed by atoms with Gasteiger partial charge in [0.05, 0.1) is 0 Å². The van der Waals surface area contributed by atoms with Crippen molar-refractivity contribution in [2.24, 2.45) is 5.92 Å². The minimum absolute atomic E-state index is 0.190. The van der Waals surface area contributed by atoms with Crippen molar-refractivity contribution in [1.29, 1.82) is 0 Å². The van der Waals surface area contributed by atoms with Gasteiger partial charge in [-0.2, -0.15) is 15.0 Å². The van der Waals surface area contributed by atoms with E-state index in [4.69, 9.17) is 10.5 Å². The fourth-order valence-corrected chi connectivity index (χ4v) is 2.48. The van der Waals surface area contributed by atoms with Crippen molar-refractivity contribution >= 4 is 11.9 Å². The van der Waals surface area contributed by atoms with Gasteiger partial charge in [0.15, 0.2) is 0 Å². The molecule has 0 amide bonds. The van der Waals surface area contributed by atoms with Crippen LogP contribution in [0.3, 0.4) is 0 Å². The first-order chi connectivity index (χ1) is 10.2. The Labute approximate surface area is 122 Å². The maximum atomic E-state index is 5.76. The lowest BCUT2D eigenvalue weighted by molar-refractivity contribution is 0.0621. The summed E-state index contributed by atoms with van der Waals surface area (Å²) in [6, 6.07) is 0.256. The molecule has 1 saturated heterocycles. The van der Waals surface area contributed by atoms with E-state index < -0.39 is 0 Å². The second-order valence-electron chi connectivity index (χ2n) is 5.17. The van der Waals surface area contributed by atoms with E-state index in [0.29, 0.717) is 17.8 Å². The highest BCUT2D eigenvalue weighted by atomic mass is 16.5. The number of nitrogen functional groups attached to an aromatic ring is 1. The molecule has 8 nitrogen and oxygen atoms in total. The summed E-state index contributed by atoms with van der Waals surface area (Å²) in [6.45, 7) is 3.76. The molecule has 3 heterocycles. The molecule has 2 aromatic rings. The second kappa shape index (κ2) is 6.04. The molecule has 0 aromatic carbocycles. The summed E-state index contributed by atoms with van der Waals surface area (Å²) in [4.78, 5) is 16.6. The topological polar surface area (TPSA) is 104 Å². The molecule has 2 aromatic heterocycles. The normalized spacial score (nSPS) is 17.6. The van der Waals surface area contributed by atoms with Gasteiger partial charge >= 0.3 is 0 Å². The highest BCUT2D eigenvalue weighted by molar-refractivity contribution is 5.35. The van der Waals surface area contributed by atoms with Gasteiger partial charge in [0.2, 0.25) is 17.8 Å². The molecule has 3 N–H and O–H groups in total. The van der Waals surface area contributed by atoms with Crippen LogP contribution in [0.1, 0.15) is 19.8 Å². The number of hydrogen-bond donors (Lipinski definition) is 2. The average molecular weight is 289 g/mol. The number of imidazole rings is 1. The van der Waals surface area contributed by atoms with E-state index >= 15 is 0 Å². The monoisotopic (exact) mass is 289 g/mol. The number of ether oxygens (including phenoxy) is 1. The Morgan fingerprint density at radius 2 is 2.14 bits per heavy atom. The van der Waals surface area contributed by atoms with Crippen molar-refractivity contribution in [3.63, 3.8) is 0 Å². The van der Waals surface area contributed by atoms with E-state index in [2.05, 4.69) is 32.2 Å². The van der Waals surface area contributed by atoms with Crippen LogP contribution in [0.15, 0.2) is 18.7 Å². The first-order valence-electron chi connectivity index (χ1n) is 7.06. The standard InChI is InChI=1S/C13H19N7O/c1-9(10-2-6-21-7-3-10)16-12-17-11(14)18-13(19-12)20-5-4-15-8-20/h4-5,8-10H,2-3,6-7H2,1H3,(H3,14,16,17,18,19). The minimum Gasteiger partial charge on any atom is -0.381 e. The quantitative estimate of drug-likeness (QED) is 0.860. The van der Waals surface area contributed by atoms with Crippen LogP contribution in [-0.4, -0.2) is 43.8 Å². The summed E-state index contributed by atoms with van der Waals surface area (Å²) in [5.74, 6) is 1.69. The second-order valence-corrected chi connectivity index (χ2v) is 5.17. The molecular weight excluding hydrogens is 270 g/mol. The molecule has 1 aliphatic heterocycles. The summed E-state index contributed by atoms with van der Waals surface area (Å²) in [5.41, 5.74) is 5.76. The Morgan fingerprint density at radius 1 is 1.33 bits per heavy atom. The van der Waals surface area contributed by atoms with Crippen LogP contribution in [0, 0.1) is 5.92 Å². The van der Waals surface area contributed by atoms with Crippen molar-refractivity contribution in [3.05, 3.63) is 18.7 Å². The molecule has 0 bridgehead atoms. The van der Waals surface area contributed by atoms with Crippen LogP contribution in [-0.2, 0) is 4.74 Å². The Morgan fingerprint density at radius 3 is 2.86 bits per heavy atom. The van der Waals surface area contributed by atoms with Crippen LogP contribution >= 0.6 is 0 Å². The molecule has 1 aliphatic rings. The third-order valence-corrected chi connectivity index (χ3v) is 3.71. The third-order valence-electron chi connectivity index (χ3n) is 3.71. The number of nitrogens with zero attached hydrogens (tertiary/aromatic N) is 5. The summed E-state index contributed by atoms with van der Waals surface area (Å²) < 4.78 is 7.08. The van der Waals surface area contributed by atoms with E-state index in [9.17, 15) is 0 Å². The van der Waals surface area contributed by atoms with E-state index in [0.717, 1.165) is 26.1 Å². The van der Waals surface area contributed by atoms with Crippen molar-refractivity contribution in [2.45, 2.75) is 25.8 Å². The van der Waals surface area contributed by atoms with Crippen LogP contribution in [0.2, 0.25) is 0 Å². The van der Waals surface area contributed by atoms with Gasteiger partial charge in [-0.25, -0.2) is 4.98 Å². The zero-order valence-electron chi connectivity index (χ0n) is 11.9. The van der Waals surface area contributed by atoms with Crippen LogP contribution in [0.4, 0.5) is 11.9 Å². The van der Waals surface area contributed by atoms with Gasteiger partial charge < -0.3 is 15.8 Å². The lowest BCUT2D eigenvalue weighted by Crippen LogP contribution is -2.31. The predicted molar refractivity (Wildman–Crippen MR) is 78.0 cm³/mol. The third kappa shape index (κ3) is 3.27. The maximum Gasteiger partial charge on any atom is 0.241 e. The van der Waals surface area contributed by atoms with Crippen molar-refractivity contribution in [2.75, 3.05) is 24.3 Å². The molecule has 1 fully saturated rings. The van der Waals surface area contributed by atoms with Gasteiger partial charge in [-0.05, 0) is 25.7 Å². The molecule has 0 saturated carbocycles. The molecule has 8 heteroatoms. The number of rotatable bonds is 4. The van der Waals surface area contributed by atoms with Gasteiger partial charge in [-0.3, -0.25) is 4.57 Å². The van der Waals surface area contributed by atoms with Crippen molar-refractivity contribution in [3.8, 4) is 5.95 Å². The fourth-order valence-electron chi connectivity index (χ4n) is 2.48. The van der Waals surface area contributed by atoms with Gasteiger partial charge in [-0.1, -0.05) is 0 Å². The molecule has 0 radical (unpaired) electrons. The van der Waals surface area contributed by atoms with E-state index in [-0.39, 0.29) is 12.0 Å². The summed E-state index contributed by atoms with van der Waals surface area (Å²) in [7, 11) is 0. The Bertz CT molecular complexity index is 580. The zero-order chi connectivity index (χ0) is 14.7. The minimum atomic E-state index is 0.190. The maximum absolute atomic E-state index is 5.76. The summed E-state index contributed by atoms with van der Waals surface area (Å²) in [5, 5.41) is 3.32. The van der Waals surface area contributed by atoms with Crippen LogP contribution < -0.4 is 11.1 Å². The summed E-state index contributed by atoms with van der Waals surface area (Å²) in [6.07, 6.45) is 7.14. The van der Waals surface area contributed by atoms with Crippen LogP contribution in [0.25, 0.3) is 5.95 Å². The van der Waals surface area contributed by atoms with Crippen molar-refractivity contribution in [1.82, 2.24) is 24.5 Å². The first-order valence-corrected chi connectivity index (χ1v) is 7.06. The number of nitrogens with two attached hydrogens (primary N) is 1. The number of hydrogen-bond acceptors (Lipinski definition) is 7. The van der Waals surface area contributed by atoms with E-state index in [1.165, 1.54) is 0 Å². The van der Waals surface area contributed by atoms with Crippen molar-refractivity contribution < 1.29 is 4.74 Å². The van der Waals surface area contributed by atoms with Gasteiger partial charge in [0.25, 0.3) is 0 Å². The van der Waals surface area contributed by atoms with Gasteiger partial charge in [0, 0.05) is 31.6 Å². The lowest BCUT2D eigenvalue weighted by Gasteiger charge is -2.28. The molecule has 112 valence electrons. The van der Waals surface area contributed by atoms with Gasteiger partial charge in [-0.15, -0.1) is 0 Å². The molecule has 0 spiro atoms. The zero-order valence-corrected chi connectivity index (χ0v) is 11.9. The van der Waals surface area contributed by atoms with Crippen LogP contribution in [0.5, 0.6) is 0 Å². The molecule has 1 atom stereocenters. The predicted octanol–water partition coefficient (Wildman–Crippen LogP) is 0.866. The Kier molecular flexibility index (Phi) is 3.96. The first kappa shape index (κ1) is 13.7. The Hall–Kier alpha value is -2.22. The fraction of sp³-hybridized carbons (Fsp3) is 0.538. The van der Waals surface area contributed by atoms with E-state index in [1.807, 2.05) is 0 Å². The molecule has 0 aliphatic carbocycles. The SMILES string of the molecule is CC(Nc1nc(N)nc(-n2ccnc2)n1)C1CCOCC1. The average Bonchev–Trinajstić information content (AvgIpc) is 3.02. The van der Waals surface area contributed by atoms with E-state index in [1.54, 1.807) is 23.3 Å². The number of nitrogens with one attached hydrogen (secondary N) is 1. The highest BCUT2D eigenvalue weighted by Crippen LogP contribution is 2.21. The molecule has 1 unspecified atom stereocenters. The highest BCUT2D eigenvalue weighted by Gasteiger charge is 2.21.